The summed E-state index contributed by atoms with van der Waals surface area (Å²) in [5.74, 6) is -5.97. The summed E-state index contributed by atoms with van der Waals surface area (Å²) in [4.78, 5) is 38.8. The predicted octanol–water partition coefficient (Wildman–Crippen LogP) is 6.11. The molecule has 12 nitrogen and oxygen atoms in total. The molecule has 1 aromatic heterocycles. The highest BCUT2D eigenvalue weighted by Crippen LogP contribution is 2.48. The Hall–Kier alpha value is -4.23. The number of alkyl halides is 8. The van der Waals surface area contributed by atoms with Crippen LogP contribution in [0, 0.1) is 26.0 Å². The molecule has 0 radical (unpaired) electrons. The molecule has 322 valence electrons. The van der Waals surface area contributed by atoms with Crippen molar-refractivity contribution < 1.29 is 68.1 Å². The molecule has 7 N–H and O–H groups in total. The van der Waals surface area contributed by atoms with Crippen LogP contribution in [-0.2, 0) is 27.3 Å². The minimum Gasteiger partial charge on any atom is -0.432 e. The molecule has 3 amide bonds. The van der Waals surface area contributed by atoms with Crippen LogP contribution in [-0.4, -0.2) is 80.5 Å². The highest BCUT2D eigenvalue weighted by molar-refractivity contribution is 14.1. The van der Waals surface area contributed by atoms with Crippen molar-refractivity contribution in [2.75, 3.05) is 6.54 Å². The lowest BCUT2D eigenvalue weighted by atomic mass is 9.74. The monoisotopic (exact) mass is 955 g/mol. The van der Waals surface area contributed by atoms with Gasteiger partial charge in [-0.3, -0.25) is 15.0 Å². The van der Waals surface area contributed by atoms with E-state index < -0.39 is 102 Å². The number of benzene rings is 2. The van der Waals surface area contributed by atoms with Crippen molar-refractivity contribution >= 4 is 40.5 Å². The molecule has 0 aliphatic rings. The third kappa shape index (κ3) is 10.9. The number of aliphatic hydroxyl groups is 1. The molecule has 4 atom stereocenters. The Kier molecular flexibility index (Phi) is 14.9. The van der Waals surface area contributed by atoms with E-state index in [0.29, 0.717) is 57.3 Å². The fourth-order valence-corrected chi connectivity index (χ4v) is 5.67. The van der Waals surface area contributed by atoms with Crippen molar-refractivity contribution in [2.45, 2.75) is 90.3 Å². The van der Waals surface area contributed by atoms with Crippen molar-refractivity contribution in [1.82, 2.24) is 25.5 Å². The molecule has 3 rings (SSSR count). The summed E-state index contributed by atoms with van der Waals surface area (Å²) in [5.41, 5.74) is 2.35. The van der Waals surface area contributed by atoms with E-state index in [0.717, 1.165) is 15.8 Å². The third-order valence-electron chi connectivity index (χ3n) is 9.85. The molecule has 0 saturated carbocycles. The number of ether oxygens (including phenoxy) is 1. The first-order valence-electron chi connectivity index (χ1n) is 16.9. The lowest BCUT2D eigenvalue weighted by molar-refractivity contribution is -0.262. The van der Waals surface area contributed by atoms with E-state index in [-0.39, 0.29) is 22.4 Å². The fraction of sp³-hybridized carbons (Fsp3) is 0.486. The van der Waals surface area contributed by atoms with Crippen LogP contribution in [0.5, 0.6) is 0 Å². The average Bonchev–Trinajstić information content (AvgIpc) is 3.59. The van der Waals surface area contributed by atoms with Gasteiger partial charge in [0.2, 0.25) is 11.5 Å². The zero-order chi connectivity index (χ0) is 44.3. The molecule has 0 bridgehead atoms. The first-order chi connectivity index (χ1) is 26.4. The first-order valence-corrected chi connectivity index (χ1v) is 18.0. The van der Waals surface area contributed by atoms with Gasteiger partial charge in [0.1, 0.15) is 17.0 Å². The lowest BCUT2D eigenvalue weighted by Crippen LogP contribution is -2.65. The maximum absolute atomic E-state index is 15.7. The Morgan fingerprint density at radius 1 is 0.948 bits per heavy atom. The molecule has 23 heteroatoms. The van der Waals surface area contributed by atoms with Crippen molar-refractivity contribution in [2.24, 2.45) is 22.3 Å². The molecule has 0 fully saturated rings. The van der Waals surface area contributed by atoms with E-state index >= 15 is 8.78 Å². The Labute approximate surface area is 338 Å². The zero-order valence-electron chi connectivity index (χ0n) is 31.3. The Morgan fingerprint density at radius 3 is 1.97 bits per heavy atom. The molecule has 1 heterocycles. The van der Waals surface area contributed by atoms with Crippen molar-refractivity contribution in [1.29, 1.82) is 0 Å². The van der Waals surface area contributed by atoms with Gasteiger partial charge in [-0.2, -0.15) is 40.2 Å². The number of amides is 3. The standard InChI is InChI=1S/C35H40F10IN7O5/c1-31(2,34(40,41)42)26(47)27(55)49-24(12-17-6-8-19(46)9-7-17)25(54)16-52(51-28(56)33(5,58-30(48)57)32(3,4)35(43,44)45)15-20-21(36)13-18(14-22(20)37)23-10-11-53(50-23)29(38)39/h6-11,13-14,24-26,29,54H,12,15-16,47H2,1-5H3,(H2,48,57)(H,49,55)(H,51,56). The summed E-state index contributed by atoms with van der Waals surface area (Å²) in [7, 11) is 0. The molecule has 4 unspecified atom stereocenters. The van der Waals surface area contributed by atoms with Gasteiger partial charge in [0, 0.05) is 34.0 Å². The lowest BCUT2D eigenvalue weighted by Gasteiger charge is -2.43. The summed E-state index contributed by atoms with van der Waals surface area (Å²) < 4.78 is 148. The number of hydrazine groups is 1. The number of hydrogen-bond donors (Lipinski definition) is 5. The average molecular weight is 956 g/mol. The smallest absolute Gasteiger partial charge is 0.405 e. The Bertz CT molecular complexity index is 1920. The van der Waals surface area contributed by atoms with Crippen molar-refractivity contribution in [3.05, 3.63) is 75.0 Å². The normalized spacial score (nSPS) is 15.4. The highest BCUT2D eigenvalue weighted by atomic mass is 127. The highest BCUT2D eigenvalue weighted by Gasteiger charge is 2.65. The van der Waals surface area contributed by atoms with Crippen LogP contribution < -0.4 is 22.2 Å². The van der Waals surface area contributed by atoms with E-state index in [2.05, 4.69) is 10.4 Å². The number of nitrogens with two attached hydrogens (primary N) is 2. The molecule has 2 aromatic carbocycles. The molecule has 0 saturated heterocycles. The first kappa shape index (κ1) is 48.1. The molecular weight excluding hydrogens is 915 g/mol. The number of nitrogens with zero attached hydrogens (tertiary/aromatic N) is 3. The number of rotatable bonds is 16. The van der Waals surface area contributed by atoms with Gasteiger partial charge in [0.05, 0.1) is 29.3 Å². The van der Waals surface area contributed by atoms with Gasteiger partial charge in [-0.05, 0) is 99.5 Å². The molecule has 3 aromatic rings. The maximum atomic E-state index is 15.7. The summed E-state index contributed by atoms with van der Waals surface area (Å²) >= 11 is 1.97. The van der Waals surface area contributed by atoms with E-state index in [1.165, 1.54) is 12.1 Å². The molecule has 0 aliphatic carbocycles. The second-order valence-corrected chi connectivity index (χ2v) is 15.7. The SMILES string of the molecule is CC(OC(N)=O)(C(=O)NN(Cc1c(F)cc(-c2ccn(C(F)F)n2)cc1F)CC(O)C(Cc1ccc(I)cc1)NC(=O)C(N)C(C)(C)C(F)(F)F)C(C)(C)C(F)(F)F. The second-order valence-electron chi connectivity index (χ2n) is 14.5. The van der Waals surface area contributed by atoms with Gasteiger partial charge in [0.15, 0.2) is 0 Å². The van der Waals surface area contributed by atoms with Crippen LogP contribution in [0.4, 0.5) is 48.7 Å². The number of carbonyl (C=O) groups is 3. The van der Waals surface area contributed by atoms with Crippen LogP contribution in [0.2, 0.25) is 0 Å². The second kappa shape index (κ2) is 17.9. The van der Waals surface area contributed by atoms with Crippen molar-refractivity contribution in [3.63, 3.8) is 0 Å². The fourth-order valence-electron chi connectivity index (χ4n) is 5.31. The van der Waals surface area contributed by atoms with Gasteiger partial charge < -0.3 is 26.6 Å². The van der Waals surface area contributed by atoms with Gasteiger partial charge in [0.25, 0.3) is 5.91 Å². The molecule has 0 spiro atoms. The molecule has 58 heavy (non-hydrogen) atoms. The summed E-state index contributed by atoms with van der Waals surface area (Å²) in [6, 6.07) is 4.82. The van der Waals surface area contributed by atoms with Gasteiger partial charge in [-0.15, -0.1) is 0 Å². The number of halogens is 11. The Balaban J connectivity index is 2.13. The number of hydrogen-bond acceptors (Lipinski definition) is 8. The van der Waals surface area contributed by atoms with E-state index in [4.69, 9.17) is 16.2 Å². The quantitative estimate of drug-likeness (QED) is 0.0650. The predicted molar refractivity (Wildman–Crippen MR) is 195 cm³/mol. The number of primary amides is 1. The minimum absolute atomic E-state index is 0.202. The van der Waals surface area contributed by atoms with Crippen LogP contribution in [0.1, 0.15) is 52.3 Å². The maximum Gasteiger partial charge on any atom is 0.405 e. The van der Waals surface area contributed by atoms with Gasteiger partial charge in [-0.25, -0.2) is 23.3 Å². The molecule has 0 aliphatic heterocycles. The van der Waals surface area contributed by atoms with E-state index in [1.807, 2.05) is 28.0 Å². The summed E-state index contributed by atoms with van der Waals surface area (Å²) in [5, 5.41) is 17.8. The van der Waals surface area contributed by atoms with Gasteiger partial charge in [-0.1, -0.05) is 12.1 Å². The largest absolute Gasteiger partial charge is 0.432 e. The van der Waals surface area contributed by atoms with Crippen LogP contribution >= 0.6 is 22.6 Å². The van der Waals surface area contributed by atoms with Crippen molar-refractivity contribution in [3.8, 4) is 11.3 Å². The minimum atomic E-state index is -5.27. The summed E-state index contributed by atoms with van der Waals surface area (Å²) in [6.45, 7) is -2.41. The third-order valence-corrected chi connectivity index (χ3v) is 10.6. The topological polar surface area (TPSA) is 178 Å². The van der Waals surface area contributed by atoms with E-state index in [9.17, 15) is 54.6 Å². The number of carbonyl (C=O) groups excluding carboxylic acids is 3. The number of nitrogens with one attached hydrogen (secondary N) is 2. The summed E-state index contributed by atoms with van der Waals surface area (Å²) in [6.07, 6.45) is -13.6. The van der Waals surface area contributed by atoms with Crippen LogP contribution in [0.25, 0.3) is 11.3 Å². The number of aromatic nitrogens is 2. The van der Waals surface area contributed by atoms with E-state index in [1.54, 1.807) is 12.1 Å². The number of aliphatic hydroxyl groups excluding tert-OH is 1. The Morgan fingerprint density at radius 2 is 1.50 bits per heavy atom. The molecular formula is C35H40F10IN7O5. The zero-order valence-corrected chi connectivity index (χ0v) is 33.4. The van der Waals surface area contributed by atoms with Gasteiger partial charge >= 0.3 is 25.0 Å². The van der Waals surface area contributed by atoms with Crippen LogP contribution in [0.3, 0.4) is 0 Å². The van der Waals surface area contributed by atoms with Crippen LogP contribution in [0.15, 0.2) is 48.7 Å².